The van der Waals surface area contributed by atoms with Crippen LogP contribution >= 0.6 is 0 Å². The molecular formula is C40H34F12N4O7. The van der Waals surface area contributed by atoms with Crippen molar-refractivity contribution < 1.29 is 87.2 Å². The summed E-state index contributed by atoms with van der Waals surface area (Å²) in [6.45, 7) is -0.195. The van der Waals surface area contributed by atoms with E-state index in [1.54, 1.807) is 0 Å². The van der Waals surface area contributed by atoms with E-state index >= 15 is 0 Å². The highest BCUT2D eigenvalue weighted by atomic mass is 19.4. The second-order valence-corrected chi connectivity index (χ2v) is 14.0. The first-order valence-corrected chi connectivity index (χ1v) is 18.0. The van der Waals surface area contributed by atoms with Gasteiger partial charge in [-0.05, 0) is 59.7 Å². The number of nitrogens with zero attached hydrogens (tertiary/aromatic N) is 2. The maximum Gasteiger partial charge on any atom is 0.416 e. The lowest BCUT2D eigenvalue weighted by molar-refractivity contribution is -0.139. The highest BCUT2D eigenvalue weighted by Crippen LogP contribution is 2.36. The van der Waals surface area contributed by atoms with Crippen LogP contribution < -0.4 is 11.1 Å². The number of alkyl halides is 12. The van der Waals surface area contributed by atoms with Gasteiger partial charge in [0.05, 0.1) is 33.9 Å². The summed E-state index contributed by atoms with van der Waals surface area (Å²) in [4.78, 5) is 48.9. The topological polar surface area (TPSA) is 173 Å². The van der Waals surface area contributed by atoms with Crippen molar-refractivity contribution >= 4 is 23.7 Å². The summed E-state index contributed by atoms with van der Waals surface area (Å²) in [5.74, 6) is -4.71. The third kappa shape index (κ3) is 13.2. The van der Waals surface area contributed by atoms with Crippen LogP contribution in [0.2, 0.25) is 0 Å². The molecule has 340 valence electrons. The van der Waals surface area contributed by atoms with Gasteiger partial charge in [0.2, 0.25) is 11.8 Å². The zero-order valence-corrected chi connectivity index (χ0v) is 32.0. The fourth-order valence-corrected chi connectivity index (χ4v) is 6.30. The molecule has 2 aliphatic rings. The van der Waals surface area contributed by atoms with Crippen molar-refractivity contribution in [1.82, 2.24) is 15.1 Å². The highest BCUT2D eigenvalue weighted by Gasteiger charge is 2.38. The molecule has 6 rings (SSSR count). The van der Waals surface area contributed by atoms with E-state index in [-0.39, 0.29) is 55.6 Å². The monoisotopic (exact) mass is 910 g/mol. The van der Waals surface area contributed by atoms with Crippen LogP contribution in [0.15, 0.2) is 84.9 Å². The fourth-order valence-electron chi connectivity index (χ4n) is 6.30. The number of halogens is 12. The van der Waals surface area contributed by atoms with Gasteiger partial charge in [0.25, 0.3) is 5.91 Å². The molecule has 2 atom stereocenters. The van der Waals surface area contributed by atoms with Crippen LogP contribution in [0.1, 0.15) is 66.9 Å². The molecule has 2 heterocycles. The minimum atomic E-state index is -4.73. The smallest absolute Gasteiger partial charge is 0.416 e. The minimum Gasteiger partial charge on any atom is -0.507 e. The molecule has 6 N–H and O–H groups in total. The van der Waals surface area contributed by atoms with Crippen molar-refractivity contribution in [2.75, 3.05) is 13.1 Å². The fraction of sp³-hybridized carbons (Fsp3) is 0.300. The number of rotatable bonds is 7. The summed E-state index contributed by atoms with van der Waals surface area (Å²) in [6, 6.07) is 12.5. The standard InChI is InChI=1S/C20H16F6N2O3.C12H13F3N2O.C8H5F3O3/c21-19(22,23)12-5-6-16(29)14(7-12)18(31)27-13-8-17(30)28(10-13)9-11-3-1-2-4-15(11)20(24,25)26;13-12(14,15)10-4-2-1-3-8(10)6-17-7-9(16)5-11(17)18;9-8(10,11)4-1-2-6(12)5(3-4)7(13)14/h1-7,13,29H,8-10H2,(H,27,31);1-4,9H,5-7,16H2;1-3,12H,(H,13,14)/t13-;9-;/m11./s1. The van der Waals surface area contributed by atoms with E-state index in [9.17, 15) is 77.0 Å². The number of carbonyl (C=O) groups excluding carboxylic acids is 3. The van der Waals surface area contributed by atoms with Crippen molar-refractivity contribution in [3.63, 3.8) is 0 Å². The molecule has 2 fully saturated rings. The maximum atomic E-state index is 13.1. The zero-order chi connectivity index (χ0) is 47.2. The molecule has 63 heavy (non-hydrogen) atoms. The van der Waals surface area contributed by atoms with Gasteiger partial charge in [-0.3, -0.25) is 14.4 Å². The van der Waals surface area contributed by atoms with E-state index < -0.39 is 93.4 Å². The predicted molar refractivity (Wildman–Crippen MR) is 195 cm³/mol. The first-order valence-electron chi connectivity index (χ1n) is 18.0. The van der Waals surface area contributed by atoms with Crippen molar-refractivity contribution in [3.8, 4) is 11.5 Å². The van der Waals surface area contributed by atoms with E-state index in [2.05, 4.69) is 5.32 Å². The number of carbonyl (C=O) groups is 4. The number of hydrogen-bond donors (Lipinski definition) is 5. The summed E-state index contributed by atoms with van der Waals surface area (Å²) >= 11 is 0. The Kier molecular flexibility index (Phi) is 15.0. The number of amides is 3. The van der Waals surface area contributed by atoms with Crippen LogP contribution in [-0.2, 0) is 47.4 Å². The van der Waals surface area contributed by atoms with E-state index in [0.717, 1.165) is 23.1 Å². The van der Waals surface area contributed by atoms with Gasteiger partial charge in [0, 0.05) is 45.1 Å². The molecule has 3 amide bonds. The van der Waals surface area contributed by atoms with Crippen LogP contribution in [0.5, 0.6) is 11.5 Å². The number of carboxylic acid groups (broad SMARTS) is 1. The number of carboxylic acids is 1. The number of nitrogens with two attached hydrogens (primary N) is 1. The Morgan fingerprint density at radius 3 is 1.43 bits per heavy atom. The van der Waals surface area contributed by atoms with Crippen LogP contribution in [0.25, 0.3) is 0 Å². The van der Waals surface area contributed by atoms with Gasteiger partial charge in [0.15, 0.2) is 0 Å². The molecule has 0 radical (unpaired) electrons. The molecule has 0 unspecified atom stereocenters. The highest BCUT2D eigenvalue weighted by molar-refractivity contribution is 5.97. The van der Waals surface area contributed by atoms with Gasteiger partial charge in [-0.15, -0.1) is 0 Å². The van der Waals surface area contributed by atoms with Crippen LogP contribution in [0, 0.1) is 0 Å². The average Bonchev–Trinajstić information content (AvgIpc) is 3.68. The second kappa shape index (κ2) is 19.3. The Labute approximate surface area is 348 Å². The molecule has 11 nitrogen and oxygen atoms in total. The zero-order valence-electron chi connectivity index (χ0n) is 32.0. The normalized spacial score (nSPS) is 16.8. The molecule has 0 spiro atoms. The number of phenols is 2. The molecule has 0 bridgehead atoms. The number of nitrogens with one attached hydrogen (secondary N) is 1. The molecule has 2 saturated heterocycles. The number of aromatic hydroxyl groups is 2. The molecule has 0 aromatic heterocycles. The lowest BCUT2D eigenvalue weighted by atomic mass is 10.1. The molecular weight excluding hydrogens is 876 g/mol. The summed E-state index contributed by atoms with van der Waals surface area (Å²) in [6.07, 6.45) is -18.4. The van der Waals surface area contributed by atoms with E-state index in [4.69, 9.17) is 15.9 Å². The average molecular weight is 911 g/mol. The third-order valence-electron chi connectivity index (χ3n) is 9.28. The number of aromatic carboxylic acids is 1. The molecule has 0 saturated carbocycles. The van der Waals surface area contributed by atoms with E-state index in [1.807, 2.05) is 0 Å². The number of likely N-dealkylation sites (tertiary alicyclic amines) is 2. The lowest BCUT2D eigenvalue weighted by Gasteiger charge is -2.20. The second-order valence-electron chi connectivity index (χ2n) is 14.0. The SMILES string of the molecule is N[C@@H]1CC(=O)N(Cc2ccccc2C(F)(F)F)C1.O=C(N[C@@H]1CC(=O)N(Cc2ccccc2C(F)(F)F)C1)c1cc(C(F)(F)F)ccc1O.O=C(O)c1cc(C(F)(F)F)ccc1O. The minimum absolute atomic E-state index is 0.0395. The van der Waals surface area contributed by atoms with Gasteiger partial charge < -0.3 is 36.2 Å². The van der Waals surface area contributed by atoms with Crippen molar-refractivity contribution in [2.24, 2.45) is 5.73 Å². The summed E-state index contributed by atoms with van der Waals surface area (Å²) in [5.41, 5.74) is 0.386. The number of phenolic OH excluding ortho intramolecular Hbond substituents is 1. The Balaban J connectivity index is 0.000000230. The predicted octanol–water partition coefficient (Wildman–Crippen LogP) is 7.83. The van der Waals surface area contributed by atoms with Crippen molar-refractivity contribution in [2.45, 2.75) is 62.7 Å². The maximum absolute atomic E-state index is 13.1. The molecule has 4 aromatic carbocycles. The Bertz CT molecular complexity index is 2310. The van der Waals surface area contributed by atoms with Crippen molar-refractivity contribution in [3.05, 3.63) is 129 Å². The summed E-state index contributed by atoms with van der Waals surface area (Å²) in [7, 11) is 0. The lowest BCUT2D eigenvalue weighted by Crippen LogP contribution is -2.37. The third-order valence-corrected chi connectivity index (χ3v) is 9.28. The van der Waals surface area contributed by atoms with Gasteiger partial charge in [-0.2, -0.15) is 52.7 Å². The molecule has 2 aliphatic heterocycles. The first-order chi connectivity index (χ1) is 29.1. The van der Waals surface area contributed by atoms with Crippen LogP contribution in [0.4, 0.5) is 52.7 Å². The number of benzene rings is 4. The quantitative estimate of drug-likeness (QED) is 0.117. The van der Waals surface area contributed by atoms with E-state index in [1.165, 1.54) is 41.3 Å². The van der Waals surface area contributed by atoms with Crippen LogP contribution in [-0.4, -0.2) is 74.0 Å². The van der Waals surface area contributed by atoms with Gasteiger partial charge in [0.1, 0.15) is 17.1 Å². The largest absolute Gasteiger partial charge is 0.507 e. The van der Waals surface area contributed by atoms with Gasteiger partial charge in [-0.25, -0.2) is 4.79 Å². The summed E-state index contributed by atoms with van der Waals surface area (Å²) < 4.78 is 153. The summed E-state index contributed by atoms with van der Waals surface area (Å²) in [5, 5.41) is 29.4. The van der Waals surface area contributed by atoms with Gasteiger partial charge in [-0.1, -0.05) is 36.4 Å². The molecule has 4 aromatic rings. The number of hydrogen-bond acceptors (Lipinski definition) is 7. The first kappa shape index (κ1) is 49.1. The van der Waals surface area contributed by atoms with Crippen molar-refractivity contribution in [1.29, 1.82) is 0 Å². The molecule has 0 aliphatic carbocycles. The Morgan fingerprint density at radius 2 is 1.02 bits per heavy atom. The van der Waals surface area contributed by atoms with Crippen LogP contribution in [0.3, 0.4) is 0 Å². The molecule has 23 heteroatoms. The Hall–Kier alpha value is -6.52. The van der Waals surface area contributed by atoms with E-state index in [0.29, 0.717) is 36.9 Å². The van der Waals surface area contributed by atoms with Gasteiger partial charge >= 0.3 is 30.7 Å². The Morgan fingerprint density at radius 1 is 0.603 bits per heavy atom.